The minimum absolute atomic E-state index is 0.200. The lowest BCUT2D eigenvalue weighted by atomic mass is 10.5. The van der Waals surface area contributed by atoms with Crippen LogP contribution < -0.4 is 4.84 Å². The van der Waals surface area contributed by atoms with Gasteiger partial charge in [-0.2, -0.15) is 0 Å². The fourth-order valence-electron chi connectivity index (χ4n) is 0.829. The second kappa shape index (κ2) is 3.21. The number of nitrogens with zero attached hydrogens (tertiary/aromatic N) is 3. The van der Waals surface area contributed by atoms with Crippen LogP contribution in [-0.4, -0.2) is 20.6 Å². The Morgan fingerprint density at radius 2 is 2.38 bits per heavy atom. The summed E-state index contributed by atoms with van der Waals surface area (Å²) in [5.74, 6) is -0.976. The van der Waals surface area contributed by atoms with Gasteiger partial charge in [0.05, 0.1) is 0 Å². The quantitative estimate of drug-likeness (QED) is 0.480. The maximum Gasteiger partial charge on any atom is 0.385 e. The van der Waals surface area contributed by atoms with Crippen molar-refractivity contribution in [1.82, 2.24) is 9.71 Å². The van der Waals surface area contributed by atoms with Crippen molar-refractivity contribution in [2.24, 2.45) is 0 Å². The summed E-state index contributed by atoms with van der Waals surface area (Å²) in [6, 6.07) is 0. The van der Waals surface area contributed by atoms with Gasteiger partial charge in [-0.1, -0.05) is 0 Å². The normalized spacial score (nSPS) is 9.69. The number of aryl methyl sites for hydroxylation is 1. The highest BCUT2D eigenvalue weighted by Gasteiger charge is 2.21. The molecule has 0 bridgehead atoms. The summed E-state index contributed by atoms with van der Waals surface area (Å²) in [7, 11) is 0. The van der Waals surface area contributed by atoms with E-state index in [9.17, 15) is 14.9 Å². The van der Waals surface area contributed by atoms with Crippen LogP contribution in [0.5, 0.6) is 0 Å². The van der Waals surface area contributed by atoms with Gasteiger partial charge in [-0.05, 0) is 16.6 Å². The van der Waals surface area contributed by atoms with Crippen LogP contribution in [0.15, 0.2) is 6.33 Å². The molecule has 0 aliphatic carbocycles. The summed E-state index contributed by atoms with van der Waals surface area (Å²) in [4.78, 5) is 28.4. The molecular formula is C6H7N3O4. The summed E-state index contributed by atoms with van der Waals surface area (Å²) in [6.07, 6.45) is 1.08. The lowest BCUT2D eigenvalue weighted by molar-refractivity contribution is -0.396. The maximum atomic E-state index is 10.5. The van der Waals surface area contributed by atoms with Crippen LogP contribution in [0, 0.1) is 17.0 Å². The molecule has 1 aromatic rings. The second-order valence-electron chi connectivity index (χ2n) is 2.32. The number of aromatic nitrogens is 2. The Hall–Kier alpha value is -1.92. The first-order chi connectivity index (χ1) is 6.02. The van der Waals surface area contributed by atoms with Crippen molar-refractivity contribution in [3.05, 3.63) is 22.1 Å². The Morgan fingerprint density at radius 3 is 2.85 bits per heavy atom. The number of nitro groups is 1. The summed E-state index contributed by atoms with van der Waals surface area (Å²) in [5, 5.41) is 10.4. The molecule has 1 rings (SSSR count). The molecule has 13 heavy (non-hydrogen) atoms. The van der Waals surface area contributed by atoms with E-state index in [1.165, 1.54) is 6.92 Å². The number of hydrogen-bond donors (Lipinski definition) is 0. The lowest BCUT2D eigenvalue weighted by Gasteiger charge is -1.97. The van der Waals surface area contributed by atoms with Crippen molar-refractivity contribution in [2.75, 3.05) is 0 Å². The van der Waals surface area contributed by atoms with Gasteiger partial charge in [0, 0.05) is 6.92 Å². The van der Waals surface area contributed by atoms with Crippen LogP contribution in [0.4, 0.5) is 5.82 Å². The van der Waals surface area contributed by atoms with Crippen molar-refractivity contribution in [1.29, 1.82) is 0 Å². The number of rotatable bonds is 2. The van der Waals surface area contributed by atoms with E-state index in [0.29, 0.717) is 0 Å². The summed E-state index contributed by atoms with van der Waals surface area (Å²) in [6.45, 7) is 2.61. The fraction of sp³-hybridized carbons (Fsp3) is 0.333. The zero-order valence-corrected chi connectivity index (χ0v) is 7.05. The van der Waals surface area contributed by atoms with Crippen molar-refractivity contribution < 1.29 is 14.6 Å². The Morgan fingerprint density at radius 1 is 1.77 bits per heavy atom. The minimum Gasteiger partial charge on any atom is -0.358 e. The molecule has 0 N–H and O–H groups in total. The Kier molecular flexibility index (Phi) is 2.27. The Balaban J connectivity index is 3.07. The molecule has 0 aliphatic heterocycles. The second-order valence-corrected chi connectivity index (χ2v) is 2.32. The van der Waals surface area contributed by atoms with Crippen LogP contribution in [0.3, 0.4) is 0 Å². The number of hydrogen-bond acceptors (Lipinski definition) is 5. The van der Waals surface area contributed by atoms with Gasteiger partial charge in [0.1, 0.15) is 5.69 Å². The van der Waals surface area contributed by atoms with E-state index in [2.05, 4.69) is 9.82 Å². The van der Waals surface area contributed by atoms with Gasteiger partial charge in [0.2, 0.25) is 6.33 Å². The zero-order valence-electron chi connectivity index (χ0n) is 7.05. The Labute approximate surface area is 73.0 Å². The molecule has 1 heterocycles. The third kappa shape index (κ3) is 1.81. The number of carbonyl (C=O) groups excluding carboxylic acids is 1. The van der Waals surface area contributed by atoms with Crippen molar-refractivity contribution in [3.8, 4) is 0 Å². The fourth-order valence-corrected chi connectivity index (χ4v) is 0.829. The molecule has 0 unspecified atom stereocenters. The molecule has 1 aromatic heterocycles. The first-order valence-electron chi connectivity index (χ1n) is 3.39. The average Bonchev–Trinajstić information content (AvgIpc) is 2.30. The molecule has 0 spiro atoms. The van der Waals surface area contributed by atoms with E-state index in [4.69, 9.17) is 0 Å². The van der Waals surface area contributed by atoms with Gasteiger partial charge in [-0.3, -0.25) is 4.84 Å². The van der Waals surface area contributed by atoms with Gasteiger partial charge in [-0.25, -0.2) is 9.78 Å². The molecule has 7 heteroatoms. The van der Waals surface area contributed by atoms with Gasteiger partial charge >= 0.3 is 11.8 Å². The average molecular weight is 185 g/mol. The topological polar surface area (TPSA) is 87.3 Å². The Bertz CT molecular complexity index is 357. The number of imidazole rings is 1. The van der Waals surface area contributed by atoms with E-state index in [0.717, 1.165) is 18.0 Å². The molecule has 0 saturated heterocycles. The van der Waals surface area contributed by atoms with Crippen LogP contribution in [-0.2, 0) is 4.79 Å². The van der Waals surface area contributed by atoms with Crippen LogP contribution >= 0.6 is 0 Å². The maximum absolute atomic E-state index is 10.5. The highest BCUT2D eigenvalue weighted by Crippen LogP contribution is 2.13. The standard InChI is InChI=1S/C6H7N3O4/c1-4-6(9(11)12)8(3-7-4)13-5(2)10/h3H,1-2H3. The molecule has 0 fully saturated rings. The predicted octanol–water partition coefficient (Wildman–Crippen LogP) is 0.0748. The van der Waals surface area contributed by atoms with Crippen LogP contribution in [0.2, 0.25) is 0 Å². The smallest absolute Gasteiger partial charge is 0.358 e. The van der Waals surface area contributed by atoms with Gasteiger partial charge in [0.15, 0.2) is 0 Å². The van der Waals surface area contributed by atoms with Crippen molar-refractivity contribution >= 4 is 11.8 Å². The molecule has 70 valence electrons. The van der Waals surface area contributed by atoms with Gasteiger partial charge in [0.25, 0.3) is 0 Å². The summed E-state index contributed by atoms with van der Waals surface area (Å²) < 4.78 is 0.734. The molecule has 0 atom stereocenters. The molecular weight excluding hydrogens is 178 g/mol. The molecule has 0 radical (unpaired) electrons. The largest absolute Gasteiger partial charge is 0.385 e. The van der Waals surface area contributed by atoms with E-state index < -0.39 is 10.9 Å². The van der Waals surface area contributed by atoms with Crippen molar-refractivity contribution in [3.63, 3.8) is 0 Å². The molecule has 0 aliphatic rings. The van der Waals surface area contributed by atoms with E-state index in [1.807, 2.05) is 0 Å². The first-order valence-corrected chi connectivity index (χ1v) is 3.39. The highest BCUT2D eigenvalue weighted by atomic mass is 16.7. The lowest BCUT2D eigenvalue weighted by Crippen LogP contribution is -2.17. The third-order valence-corrected chi connectivity index (χ3v) is 1.29. The molecule has 0 aromatic carbocycles. The monoisotopic (exact) mass is 185 g/mol. The summed E-state index contributed by atoms with van der Waals surface area (Å²) in [5.41, 5.74) is 0.200. The first kappa shape index (κ1) is 9.17. The zero-order chi connectivity index (χ0) is 10.0. The third-order valence-electron chi connectivity index (χ3n) is 1.29. The van der Waals surface area contributed by atoms with Crippen molar-refractivity contribution in [2.45, 2.75) is 13.8 Å². The molecule has 0 amide bonds. The van der Waals surface area contributed by atoms with E-state index >= 15 is 0 Å². The number of carbonyl (C=O) groups is 1. The molecule has 0 saturated carbocycles. The minimum atomic E-state index is -0.661. The highest BCUT2D eigenvalue weighted by molar-refractivity contribution is 5.66. The van der Waals surface area contributed by atoms with Gasteiger partial charge < -0.3 is 10.1 Å². The summed E-state index contributed by atoms with van der Waals surface area (Å²) >= 11 is 0. The van der Waals surface area contributed by atoms with Crippen LogP contribution in [0.25, 0.3) is 0 Å². The van der Waals surface area contributed by atoms with E-state index in [-0.39, 0.29) is 11.5 Å². The predicted molar refractivity (Wildman–Crippen MR) is 40.9 cm³/mol. The van der Waals surface area contributed by atoms with Gasteiger partial charge in [-0.15, -0.1) is 0 Å². The molecule has 7 nitrogen and oxygen atoms in total. The SMILES string of the molecule is CC(=O)On1cnc(C)c1[N+](=O)[O-]. The van der Waals surface area contributed by atoms with E-state index in [1.54, 1.807) is 0 Å². The van der Waals surface area contributed by atoms with Crippen LogP contribution in [0.1, 0.15) is 12.6 Å².